The summed E-state index contributed by atoms with van der Waals surface area (Å²) in [5, 5.41) is 8.54. The zero-order chi connectivity index (χ0) is 9.68. The number of hydrogen-bond acceptors (Lipinski definition) is 1. The van der Waals surface area contributed by atoms with Gasteiger partial charge >= 0.3 is 0 Å². The van der Waals surface area contributed by atoms with Crippen molar-refractivity contribution in [1.82, 2.24) is 0 Å². The zero-order valence-electron chi connectivity index (χ0n) is 6.92. The molecule has 0 saturated carbocycles. The molecule has 0 fully saturated rings. The summed E-state index contributed by atoms with van der Waals surface area (Å²) in [6, 6.07) is 7.75. The molecule has 1 rings (SSSR count). The molecule has 0 bridgehead atoms. The average molecular weight is 235 g/mol. The molecule has 0 amide bonds. The predicted molar refractivity (Wildman–Crippen MR) is 53.8 cm³/mol. The molecule has 3 heteroatoms. The molecular weight excluding hydrogens is 228 g/mol. The third-order valence-corrected chi connectivity index (χ3v) is 2.18. The van der Waals surface area contributed by atoms with Crippen molar-refractivity contribution in [2.75, 3.05) is 0 Å². The lowest BCUT2D eigenvalue weighted by Crippen LogP contribution is -1.90. The van der Waals surface area contributed by atoms with E-state index in [0.717, 1.165) is 15.6 Å². The van der Waals surface area contributed by atoms with Gasteiger partial charge in [0.25, 0.3) is 0 Å². The van der Waals surface area contributed by atoms with Crippen LogP contribution in [0.4, 0.5) is 0 Å². The lowest BCUT2D eigenvalue weighted by atomic mass is 10.1. The second-order valence-electron chi connectivity index (χ2n) is 2.56. The van der Waals surface area contributed by atoms with Gasteiger partial charge in [0.15, 0.2) is 0 Å². The van der Waals surface area contributed by atoms with E-state index in [1.165, 1.54) is 0 Å². The van der Waals surface area contributed by atoms with Crippen LogP contribution in [0.25, 0.3) is 4.85 Å². The molecular formula is C10H7BrN2. The summed E-state index contributed by atoms with van der Waals surface area (Å²) >= 11 is 3.33. The van der Waals surface area contributed by atoms with Crippen LogP contribution in [0.2, 0.25) is 0 Å². The molecule has 0 aliphatic rings. The van der Waals surface area contributed by atoms with Gasteiger partial charge in [-0.3, -0.25) is 0 Å². The maximum atomic E-state index is 8.54. The number of halogens is 1. The van der Waals surface area contributed by atoms with Crippen LogP contribution in [0, 0.1) is 17.9 Å². The summed E-state index contributed by atoms with van der Waals surface area (Å²) in [7, 11) is 0. The van der Waals surface area contributed by atoms with Crippen LogP contribution in [0.1, 0.15) is 11.1 Å². The Morgan fingerprint density at radius 3 is 2.85 bits per heavy atom. The number of rotatable bonds is 2. The summed E-state index contributed by atoms with van der Waals surface area (Å²) in [5.74, 6) is 0. The van der Waals surface area contributed by atoms with Crippen molar-refractivity contribution < 1.29 is 0 Å². The highest BCUT2D eigenvalue weighted by atomic mass is 79.9. The van der Waals surface area contributed by atoms with E-state index in [-0.39, 0.29) is 0 Å². The fourth-order valence-electron chi connectivity index (χ4n) is 1.08. The molecule has 0 N–H and O–H groups in total. The van der Waals surface area contributed by atoms with Crippen molar-refractivity contribution in [3.63, 3.8) is 0 Å². The Balaban J connectivity index is 3.06. The van der Waals surface area contributed by atoms with E-state index in [9.17, 15) is 0 Å². The van der Waals surface area contributed by atoms with E-state index in [1.807, 2.05) is 18.2 Å². The van der Waals surface area contributed by atoms with Crippen LogP contribution in [-0.2, 0) is 13.0 Å². The van der Waals surface area contributed by atoms with Crippen LogP contribution in [0.5, 0.6) is 0 Å². The van der Waals surface area contributed by atoms with E-state index < -0.39 is 0 Å². The Kier molecular flexibility index (Phi) is 3.49. The number of benzene rings is 1. The molecule has 0 radical (unpaired) electrons. The van der Waals surface area contributed by atoms with Gasteiger partial charge in [-0.15, -0.1) is 0 Å². The predicted octanol–water partition coefficient (Wildman–Crippen LogP) is 2.93. The van der Waals surface area contributed by atoms with Crippen LogP contribution >= 0.6 is 15.9 Å². The first-order chi connectivity index (χ1) is 6.27. The maximum Gasteiger partial charge on any atom is 0.240 e. The first-order valence-electron chi connectivity index (χ1n) is 3.75. The van der Waals surface area contributed by atoms with Gasteiger partial charge in [0.2, 0.25) is 6.54 Å². The third-order valence-electron chi connectivity index (χ3n) is 1.69. The minimum absolute atomic E-state index is 0.344. The van der Waals surface area contributed by atoms with E-state index in [1.54, 1.807) is 0 Å². The number of hydrogen-bond donors (Lipinski definition) is 0. The smallest absolute Gasteiger partial charge is 0.240 e. The summed E-state index contributed by atoms with van der Waals surface area (Å²) in [5.41, 5.74) is 1.88. The highest BCUT2D eigenvalue weighted by Crippen LogP contribution is 2.17. The lowest BCUT2D eigenvalue weighted by molar-refractivity contribution is 1.14. The first-order valence-corrected chi connectivity index (χ1v) is 4.54. The Morgan fingerprint density at radius 2 is 2.23 bits per heavy atom. The molecule has 1 aromatic rings. The fraction of sp³-hybridized carbons (Fsp3) is 0.200. The zero-order valence-corrected chi connectivity index (χ0v) is 8.50. The highest BCUT2D eigenvalue weighted by Gasteiger charge is 2.04. The molecule has 0 saturated heterocycles. The lowest BCUT2D eigenvalue weighted by Gasteiger charge is -2.00. The Bertz CT molecular complexity index is 385. The maximum absolute atomic E-state index is 8.54. The van der Waals surface area contributed by atoms with Crippen LogP contribution in [0.15, 0.2) is 22.7 Å². The summed E-state index contributed by atoms with van der Waals surface area (Å²) in [6.07, 6.45) is 0.373. The monoisotopic (exact) mass is 234 g/mol. The van der Waals surface area contributed by atoms with E-state index in [4.69, 9.17) is 11.8 Å². The van der Waals surface area contributed by atoms with Gasteiger partial charge in [-0.1, -0.05) is 22.0 Å². The van der Waals surface area contributed by atoms with Gasteiger partial charge in [0.05, 0.1) is 12.5 Å². The minimum atomic E-state index is 0.344. The largest absolute Gasteiger partial charge is 0.312 e. The van der Waals surface area contributed by atoms with Gasteiger partial charge in [-0.25, -0.2) is 6.57 Å². The topological polar surface area (TPSA) is 28.1 Å². The number of nitriles is 1. The summed E-state index contributed by atoms with van der Waals surface area (Å²) in [4.78, 5) is 3.31. The van der Waals surface area contributed by atoms with Crippen LogP contribution in [-0.4, -0.2) is 0 Å². The first kappa shape index (κ1) is 9.77. The highest BCUT2D eigenvalue weighted by molar-refractivity contribution is 9.10. The van der Waals surface area contributed by atoms with Crippen LogP contribution < -0.4 is 0 Å². The standard InChI is InChI=1S/C10H7BrN2/c1-13-7-9-6-10(11)3-2-8(9)4-5-12/h2-3,6H,4,7H2. The minimum Gasteiger partial charge on any atom is -0.312 e. The Morgan fingerprint density at radius 1 is 1.46 bits per heavy atom. The van der Waals surface area contributed by atoms with Crippen molar-refractivity contribution in [2.45, 2.75) is 13.0 Å². The molecule has 1 aromatic carbocycles. The third kappa shape index (κ3) is 2.57. The van der Waals surface area contributed by atoms with Gasteiger partial charge in [0.1, 0.15) is 0 Å². The molecule has 0 aliphatic carbocycles. The van der Waals surface area contributed by atoms with Gasteiger partial charge < -0.3 is 4.85 Å². The van der Waals surface area contributed by atoms with Crippen molar-refractivity contribution in [1.29, 1.82) is 5.26 Å². The fourth-order valence-corrected chi connectivity index (χ4v) is 1.49. The average Bonchev–Trinajstić information content (AvgIpc) is 2.10. The van der Waals surface area contributed by atoms with E-state index in [2.05, 4.69) is 26.8 Å². The second-order valence-corrected chi connectivity index (χ2v) is 3.48. The number of nitrogens with zero attached hydrogens (tertiary/aromatic N) is 2. The molecule has 0 atom stereocenters. The molecule has 13 heavy (non-hydrogen) atoms. The molecule has 0 aromatic heterocycles. The molecule has 0 unspecified atom stereocenters. The Hall–Kier alpha value is -1.32. The SMILES string of the molecule is [C-]#[N+]Cc1cc(Br)ccc1CC#N. The normalized spacial score (nSPS) is 8.85. The van der Waals surface area contributed by atoms with Gasteiger partial charge in [0, 0.05) is 10.0 Å². The molecule has 0 heterocycles. The Labute approximate surface area is 85.8 Å². The quantitative estimate of drug-likeness (QED) is 0.724. The van der Waals surface area contributed by atoms with Gasteiger partial charge in [-0.2, -0.15) is 5.26 Å². The molecule has 64 valence electrons. The van der Waals surface area contributed by atoms with Crippen molar-refractivity contribution in [3.8, 4) is 6.07 Å². The van der Waals surface area contributed by atoms with Gasteiger partial charge in [-0.05, 0) is 17.7 Å². The summed E-state index contributed by atoms with van der Waals surface area (Å²) in [6.45, 7) is 7.11. The van der Waals surface area contributed by atoms with Crippen LogP contribution in [0.3, 0.4) is 0 Å². The summed E-state index contributed by atoms with van der Waals surface area (Å²) < 4.78 is 0.952. The van der Waals surface area contributed by atoms with E-state index >= 15 is 0 Å². The molecule has 0 aliphatic heterocycles. The van der Waals surface area contributed by atoms with Crippen molar-refractivity contribution in [2.24, 2.45) is 0 Å². The molecule has 2 nitrogen and oxygen atoms in total. The van der Waals surface area contributed by atoms with E-state index in [0.29, 0.717) is 13.0 Å². The van der Waals surface area contributed by atoms with Crippen molar-refractivity contribution in [3.05, 3.63) is 45.2 Å². The second kappa shape index (κ2) is 4.64. The molecule has 0 spiro atoms. The van der Waals surface area contributed by atoms with Crippen molar-refractivity contribution >= 4 is 15.9 Å².